The topological polar surface area (TPSA) is 81.8 Å². The van der Waals surface area contributed by atoms with Gasteiger partial charge in [0.15, 0.2) is 0 Å². The molecule has 0 unspecified atom stereocenters. The molecule has 90 valence electrons. The number of aromatic carboxylic acids is 1. The molecule has 3 aromatic rings. The van der Waals surface area contributed by atoms with Crippen LogP contribution in [0.4, 0.5) is 0 Å². The van der Waals surface area contributed by atoms with Crippen LogP contribution in [0.15, 0.2) is 30.6 Å². The van der Waals surface area contributed by atoms with Crippen molar-refractivity contribution in [2.45, 2.75) is 0 Å². The molecule has 0 aliphatic carbocycles. The minimum Gasteiger partial charge on any atom is -0.477 e. The number of benzene rings is 1. The van der Waals surface area contributed by atoms with Gasteiger partial charge in [-0.15, -0.1) is 0 Å². The Morgan fingerprint density at radius 1 is 1.28 bits per heavy atom. The summed E-state index contributed by atoms with van der Waals surface area (Å²) in [6.45, 7) is 0. The van der Waals surface area contributed by atoms with Crippen LogP contribution in [0.1, 0.15) is 10.5 Å². The summed E-state index contributed by atoms with van der Waals surface area (Å²) < 4.78 is 0. The fourth-order valence-electron chi connectivity index (χ4n) is 1.89. The monoisotopic (exact) mass is 261 g/mol. The third kappa shape index (κ3) is 1.65. The number of aromatic nitrogens is 3. The molecule has 5 nitrogen and oxygen atoms in total. The highest BCUT2D eigenvalue weighted by Crippen LogP contribution is 2.30. The Hall–Kier alpha value is -2.27. The molecule has 0 spiro atoms. The maximum atomic E-state index is 10.9. The fraction of sp³-hybridized carbons (Fsp3) is 0. The number of carbonyl (C=O) groups is 1. The maximum Gasteiger partial charge on any atom is 0.352 e. The summed E-state index contributed by atoms with van der Waals surface area (Å²) in [7, 11) is 0. The number of nitrogens with one attached hydrogen (secondary N) is 2. The minimum atomic E-state index is -1.01. The Morgan fingerprint density at radius 3 is 2.78 bits per heavy atom. The molecule has 0 fully saturated rings. The second-order valence-electron chi connectivity index (χ2n) is 3.90. The van der Waals surface area contributed by atoms with Gasteiger partial charge < -0.3 is 10.1 Å². The van der Waals surface area contributed by atoms with Crippen LogP contribution in [-0.2, 0) is 0 Å². The summed E-state index contributed by atoms with van der Waals surface area (Å²) in [6, 6.07) is 5.21. The van der Waals surface area contributed by atoms with Crippen LogP contribution in [0, 0.1) is 0 Å². The van der Waals surface area contributed by atoms with Crippen LogP contribution in [0.3, 0.4) is 0 Å². The average molecular weight is 262 g/mol. The summed E-state index contributed by atoms with van der Waals surface area (Å²) in [5.41, 5.74) is 2.53. The van der Waals surface area contributed by atoms with Crippen molar-refractivity contribution in [2.24, 2.45) is 0 Å². The summed E-state index contributed by atoms with van der Waals surface area (Å²) in [5, 5.41) is 16.8. The Balaban J connectivity index is 2.24. The predicted molar refractivity (Wildman–Crippen MR) is 67.8 cm³/mol. The van der Waals surface area contributed by atoms with Crippen molar-refractivity contribution in [1.82, 2.24) is 15.2 Å². The van der Waals surface area contributed by atoms with Gasteiger partial charge in [-0.25, -0.2) is 4.79 Å². The number of halogens is 1. The lowest BCUT2D eigenvalue weighted by Gasteiger charge is -2.00. The molecule has 3 rings (SSSR count). The number of nitrogens with zero attached hydrogens (tertiary/aromatic N) is 1. The van der Waals surface area contributed by atoms with Crippen molar-refractivity contribution >= 4 is 28.5 Å². The van der Waals surface area contributed by atoms with Crippen molar-refractivity contribution in [3.63, 3.8) is 0 Å². The summed E-state index contributed by atoms with van der Waals surface area (Å²) in [6.07, 6.45) is 3.44. The zero-order valence-corrected chi connectivity index (χ0v) is 9.82. The second-order valence-corrected chi connectivity index (χ2v) is 4.30. The van der Waals surface area contributed by atoms with Crippen molar-refractivity contribution in [3.05, 3.63) is 41.3 Å². The number of aromatic amines is 2. The van der Waals surface area contributed by atoms with E-state index in [9.17, 15) is 4.79 Å². The van der Waals surface area contributed by atoms with E-state index >= 15 is 0 Å². The number of hydrogen-bond donors (Lipinski definition) is 3. The molecular formula is C12H8ClN3O2. The predicted octanol–water partition coefficient (Wildman–Crippen LogP) is 2.91. The molecule has 3 N–H and O–H groups in total. The van der Waals surface area contributed by atoms with Gasteiger partial charge in [0, 0.05) is 17.1 Å². The summed E-state index contributed by atoms with van der Waals surface area (Å²) in [5.74, 6) is -1.01. The van der Waals surface area contributed by atoms with Crippen LogP contribution in [0.5, 0.6) is 0 Å². The van der Waals surface area contributed by atoms with E-state index in [1.54, 1.807) is 24.5 Å². The van der Waals surface area contributed by atoms with Gasteiger partial charge in [0.05, 0.1) is 16.7 Å². The molecule has 0 amide bonds. The van der Waals surface area contributed by atoms with E-state index < -0.39 is 5.97 Å². The lowest BCUT2D eigenvalue weighted by atomic mass is 10.1. The van der Waals surface area contributed by atoms with Gasteiger partial charge in [0.2, 0.25) is 0 Å². The van der Waals surface area contributed by atoms with Crippen LogP contribution in [-0.4, -0.2) is 26.3 Å². The number of fused-ring (bicyclic) bond motifs is 1. The lowest BCUT2D eigenvalue weighted by Crippen LogP contribution is -1.94. The zero-order valence-electron chi connectivity index (χ0n) is 9.07. The van der Waals surface area contributed by atoms with E-state index in [-0.39, 0.29) is 5.69 Å². The van der Waals surface area contributed by atoms with Gasteiger partial charge in [-0.1, -0.05) is 11.6 Å². The molecule has 0 saturated carbocycles. The molecule has 0 aliphatic rings. The van der Waals surface area contributed by atoms with Crippen molar-refractivity contribution in [2.75, 3.05) is 0 Å². The quantitative estimate of drug-likeness (QED) is 0.663. The first-order valence-electron chi connectivity index (χ1n) is 5.20. The molecule has 0 aliphatic heterocycles. The molecule has 2 heterocycles. The standard InChI is InChI=1S/C12H8ClN3O2/c13-9-2-6(8-4-14-15-5-8)1-7-3-10(12(17)18)16-11(7)9/h1-5,16H,(H,14,15)(H,17,18). The highest BCUT2D eigenvalue weighted by molar-refractivity contribution is 6.35. The Kier molecular flexibility index (Phi) is 2.34. The molecule has 2 aromatic heterocycles. The smallest absolute Gasteiger partial charge is 0.352 e. The van der Waals surface area contributed by atoms with Crippen molar-refractivity contribution < 1.29 is 9.90 Å². The number of carboxylic acid groups (broad SMARTS) is 1. The highest BCUT2D eigenvalue weighted by atomic mass is 35.5. The lowest BCUT2D eigenvalue weighted by molar-refractivity contribution is 0.0691. The van der Waals surface area contributed by atoms with Crippen molar-refractivity contribution in [1.29, 1.82) is 0 Å². The zero-order chi connectivity index (χ0) is 12.7. The van der Waals surface area contributed by atoms with Gasteiger partial charge >= 0.3 is 5.97 Å². The van der Waals surface area contributed by atoms with E-state index in [1.807, 2.05) is 6.07 Å². The molecule has 0 bridgehead atoms. The first kappa shape index (κ1) is 10.9. The Labute approximate surface area is 106 Å². The Morgan fingerprint density at radius 2 is 2.11 bits per heavy atom. The van der Waals surface area contributed by atoms with E-state index in [0.29, 0.717) is 10.5 Å². The van der Waals surface area contributed by atoms with E-state index in [4.69, 9.17) is 16.7 Å². The first-order chi connectivity index (χ1) is 8.65. The molecular weight excluding hydrogens is 254 g/mol. The van der Waals surface area contributed by atoms with Crippen LogP contribution >= 0.6 is 11.6 Å². The van der Waals surface area contributed by atoms with E-state index in [2.05, 4.69) is 15.2 Å². The van der Waals surface area contributed by atoms with Gasteiger partial charge in [-0.3, -0.25) is 5.10 Å². The molecule has 1 aromatic carbocycles. The number of rotatable bonds is 2. The normalized spacial score (nSPS) is 10.9. The van der Waals surface area contributed by atoms with Crippen LogP contribution < -0.4 is 0 Å². The van der Waals surface area contributed by atoms with Crippen LogP contribution in [0.25, 0.3) is 22.0 Å². The van der Waals surface area contributed by atoms with Crippen LogP contribution in [0.2, 0.25) is 5.02 Å². The van der Waals surface area contributed by atoms with Gasteiger partial charge in [0.1, 0.15) is 5.69 Å². The van der Waals surface area contributed by atoms with E-state index in [1.165, 1.54) is 0 Å². The van der Waals surface area contributed by atoms with E-state index in [0.717, 1.165) is 16.5 Å². The average Bonchev–Trinajstić information content (AvgIpc) is 2.97. The van der Waals surface area contributed by atoms with Gasteiger partial charge in [-0.2, -0.15) is 5.10 Å². The van der Waals surface area contributed by atoms with Gasteiger partial charge in [-0.05, 0) is 23.8 Å². The number of hydrogen-bond acceptors (Lipinski definition) is 2. The number of H-pyrrole nitrogens is 2. The Bertz CT molecular complexity index is 731. The first-order valence-corrected chi connectivity index (χ1v) is 5.57. The third-order valence-corrected chi connectivity index (χ3v) is 3.04. The highest BCUT2D eigenvalue weighted by Gasteiger charge is 2.11. The maximum absolute atomic E-state index is 10.9. The second kappa shape index (κ2) is 3.89. The molecule has 0 saturated heterocycles. The minimum absolute atomic E-state index is 0.122. The number of carboxylic acids is 1. The molecule has 18 heavy (non-hydrogen) atoms. The molecule has 6 heteroatoms. The summed E-state index contributed by atoms with van der Waals surface area (Å²) in [4.78, 5) is 13.7. The largest absolute Gasteiger partial charge is 0.477 e. The molecule has 0 atom stereocenters. The SMILES string of the molecule is O=C(O)c1cc2cc(-c3cn[nH]c3)cc(Cl)c2[nH]1. The van der Waals surface area contributed by atoms with Crippen molar-refractivity contribution in [3.8, 4) is 11.1 Å². The summed E-state index contributed by atoms with van der Waals surface area (Å²) >= 11 is 6.14. The van der Waals surface area contributed by atoms with Gasteiger partial charge in [0.25, 0.3) is 0 Å². The molecule has 0 radical (unpaired) electrons. The third-order valence-electron chi connectivity index (χ3n) is 2.74. The fourth-order valence-corrected chi connectivity index (χ4v) is 2.16.